The van der Waals surface area contributed by atoms with E-state index in [1.54, 1.807) is 22.0 Å². The molecule has 3 aromatic heterocycles. The Morgan fingerprint density at radius 2 is 2.33 bits per heavy atom. The van der Waals surface area contributed by atoms with Crippen molar-refractivity contribution in [2.45, 2.75) is 25.9 Å². The lowest BCUT2D eigenvalue weighted by molar-refractivity contribution is -0.125. The Labute approximate surface area is 177 Å². The second-order valence-corrected chi connectivity index (χ2v) is 7.34. The van der Waals surface area contributed by atoms with E-state index in [0.29, 0.717) is 40.9 Å². The predicted molar refractivity (Wildman–Crippen MR) is 114 cm³/mol. The first kappa shape index (κ1) is 20.1. The van der Waals surface area contributed by atoms with Crippen molar-refractivity contribution in [1.82, 2.24) is 29.6 Å². The van der Waals surface area contributed by atoms with Gasteiger partial charge >= 0.3 is 0 Å². The van der Waals surface area contributed by atoms with Crippen LogP contribution in [0.2, 0.25) is 5.02 Å². The summed E-state index contributed by atoms with van der Waals surface area (Å²) in [5.74, 6) is 0.783. The van der Waals surface area contributed by atoms with Gasteiger partial charge in [0.2, 0.25) is 11.9 Å². The van der Waals surface area contributed by atoms with E-state index in [9.17, 15) is 9.18 Å². The largest absolute Gasteiger partial charge is 0.365 e. The molecule has 1 atom stereocenters. The second-order valence-electron chi connectivity index (χ2n) is 6.94. The Balaban J connectivity index is 1.54. The van der Waals surface area contributed by atoms with Gasteiger partial charge in [0.05, 0.1) is 22.3 Å². The molecule has 1 saturated heterocycles. The molecule has 1 unspecified atom stereocenters. The lowest BCUT2D eigenvalue weighted by Gasteiger charge is -2.17. The van der Waals surface area contributed by atoms with Gasteiger partial charge in [-0.3, -0.25) is 9.48 Å². The third kappa shape index (κ3) is 4.23. The van der Waals surface area contributed by atoms with Crippen LogP contribution in [0.3, 0.4) is 0 Å². The highest BCUT2D eigenvalue weighted by Gasteiger charge is 2.26. The van der Waals surface area contributed by atoms with Crippen LogP contribution in [0.4, 0.5) is 21.8 Å². The molecule has 0 aliphatic carbocycles. The van der Waals surface area contributed by atoms with Gasteiger partial charge in [0, 0.05) is 44.1 Å². The van der Waals surface area contributed by atoms with Crippen molar-refractivity contribution in [2.75, 3.05) is 30.4 Å². The molecule has 1 fully saturated rings. The SMILES string of the molecule is CCn1cc(Nc2nc(NC3CCN(C(=O)/C=C/CF)C3)c3c(Cl)c[nH]c3n2)cn1. The standard InChI is InChI=1S/C19H22ClFN8O/c1-2-29-11-13(8-23-29)25-19-26-17-16(14(20)9-22-17)18(27-19)24-12-5-7-28(10-12)15(30)4-3-6-21/h3-4,8-9,11-12H,2,5-7,10H2,1H3,(H3,22,24,25,26,27)/b4-3+. The maximum atomic E-state index is 12.3. The fourth-order valence-electron chi connectivity index (χ4n) is 3.41. The normalized spacial score (nSPS) is 16.6. The van der Waals surface area contributed by atoms with Crippen LogP contribution in [-0.4, -0.2) is 61.3 Å². The minimum atomic E-state index is -0.654. The highest BCUT2D eigenvalue weighted by Crippen LogP contribution is 2.31. The Hall–Kier alpha value is -3.14. The highest BCUT2D eigenvalue weighted by molar-refractivity contribution is 6.36. The van der Waals surface area contributed by atoms with Gasteiger partial charge in [-0.1, -0.05) is 11.6 Å². The van der Waals surface area contributed by atoms with Crippen LogP contribution in [0.25, 0.3) is 11.0 Å². The number of fused-ring (bicyclic) bond motifs is 1. The number of aromatic nitrogens is 5. The molecule has 0 saturated carbocycles. The van der Waals surface area contributed by atoms with Crippen LogP contribution in [0, 0.1) is 0 Å². The lowest BCUT2D eigenvalue weighted by Crippen LogP contribution is -2.30. The number of nitrogens with one attached hydrogen (secondary N) is 3. The van der Waals surface area contributed by atoms with Gasteiger partial charge in [0.15, 0.2) is 0 Å². The van der Waals surface area contributed by atoms with E-state index in [-0.39, 0.29) is 11.9 Å². The van der Waals surface area contributed by atoms with Gasteiger partial charge < -0.3 is 20.5 Å². The first-order valence-electron chi connectivity index (χ1n) is 9.69. The summed E-state index contributed by atoms with van der Waals surface area (Å²) >= 11 is 6.34. The van der Waals surface area contributed by atoms with Gasteiger partial charge in [-0.2, -0.15) is 15.1 Å². The van der Waals surface area contributed by atoms with Gasteiger partial charge in [0.25, 0.3) is 0 Å². The maximum absolute atomic E-state index is 12.3. The number of likely N-dealkylation sites (tertiary alicyclic amines) is 1. The molecule has 0 spiro atoms. The zero-order valence-corrected chi connectivity index (χ0v) is 17.2. The molecule has 158 valence electrons. The fraction of sp³-hybridized carbons (Fsp3) is 0.368. The molecule has 4 heterocycles. The summed E-state index contributed by atoms with van der Waals surface area (Å²) in [7, 11) is 0. The molecule has 9 nitrogen and oxygen atoms in total. The summed E-state index contributed by atoms with van der Waals surface area (Å²) in [6, 6.07) is -0.00696. The van der Waals surface area contributed by atoms with E-state index in [4.69, 9.17) is 11.6 Å². The number of halogens is 2. The van der Waals surface area contributed by atoms with Crippen LogP contribution in [0.5, 0.6) is 0 Å². The van der Waals surface area contributed by atoms with E-state index in [1.165, 1.54) is 12.2 Å². The Morgan fingerprint density at radius 1 is 1.47 bits per heavy atom. The van der Waals surface area contributed by atoms with E-state index >= 15 is 0 Å². The van der Waals surface area contributed by atoms with Gasteiger partial charge in [-0.15, -0.1) is 0 Å². The zero-order chi connectivity index (χ0) is 21.1. The molecule has 0 aromatic carbocycles. The summed E-state index contributed by atoms with van der Waals surface area (Å²) in [4.78, 5) is 25.9. The van der Waals surface area contributed by atoms with E-state index in [0.717, 1.165) is 18.7 Å². The van der Waals surface area contributed by atoms with Crippen molar-refractivity contribution in [2.24, 2.45) is 0 Å². The molecule has 11 heteroatoms. The molecule has 1 aliphatic heterocycles. The molecule has 0 radical (unpaired) electrons. The van der Waals surface area contributed by atoms with Crippen LogP contribution < -0.4 is 10.6 Å². The highest BCUT2D eigenvalue weighted by atomic mass is 35.5. The van der Waals surface area contributed by atoms with Crippen LogP contribution in [0.15, 0.2) is 30.7 Å². The number of aryl methyl sites for hydroxylation is 1. The number of carbonyl (C=O) groups excluding carboxylic acids is 1. The minimum absolute atomic E-state index is 0.00696. The van der Waals surface area contributed by atoms with Crippen molar-refractivity contribution in [3.63, 3.8) is 0 Å². The van der Waals surface area contributed by atoms with Crippen molar-refractivity contribution in [3.05, 3.63) is 35.8 Å². The van der Waals surface area contributed by atoms with Gasteiger partial charge in [-0.25, -0.2) is 4.39 Å². The summed E-state index contributed by atoms with van der Waals surface area (Å²) in [5, 5.41) is 12.0. The van der Waals surface area contributed by atoms with Crippen LogP contribution in [-0.2, 0) is 11.3 Å². The first-order chi connectivity index (χ1) is 14.6. The van der Waals surface area contributed by atoms with Crippen molar-refractivity contribution >= 4 is 46.0 Å². The molecule has 1 aliphatic rings. The first-order valence-corrected chi connectivity index (χ1v) is 10.1. The van der Waals surface area contributed by atoms with Crippen molar-refractivity contribution in [1.29, 1.82) is 0 Å². The number of hydrogen-bond donors (Lipinski definition) is 3. The molecule has 1 amide bonds. The van der Waals surface area contributed by atoms with Crippen molar-refractivity contribution in [3.8, 4) is 0 Å². The smallest absolute Gasteiger partial charge is 0.246 e. The number of carbonyl (C=O) groups is 1. The molecular formula is C19H22ClFN8O. The van der Waals surface area contributed by atoms with Crippen LogP contribution in [0.1, 0.15) is 13.3 Å². The maximum Gasteiger partial charge on any atom is 0.246 e. The van der Waals surface area contributed by atoms with Gasteiger partial charge in [0.1, 0.15) is 18.1 Å². The minimum Gasteiger partial charge on any atom is -0.365 e. The fourth-order valence-corrected chi connectivity index (χ4v) is 3.64. The number of aromatic amines is 1. The quantitative estimate of drug-likeness (QED) is 0.495. The van der Waals surface area contributed by atoms with Gasteiger partial charge in [-0.05, 0) is 19.4 Å². The molecule has 3 aromatic rings. The third-order valence-corrected chi connectivity index (χ3v) is 5.19. The lowest BCUT2D eigenvalue weighted by atomic mass is 10.2. The summed E-state index contributed by atoms with van der Waals surface area (Å²) in [6.07, 6.45) is 8.47. The summed E-state index contributed by atoms with van der Waals surface area (Å²) in [6.45, 7) is 3.20. The average Bonchev–Trinajstić information content (AvgIpc) is 3.47. The number of hydrogen-bond acceptors (Lipinski definition) is 6. The summed E-state index contributed by atoms with van der Waals surface area (Å²) in [5.41, 5.74) is 1.37. The number of nitrogens with zero attached hydrogens (tertiary/aromatic N) is 5. The molecule has 30 heavy (non-hydrogen) atoms. The third-order valence-electron chi connectivity index (χ3n) is 4.89. The Bertz CT molecular complexity index is 1080. The Morgan fingerprint density at radius 3 is 3.10 bits per heavy atom. The summed E-state index contributed by atoms with van der Waals surface area (Å²) < 4.78 is 14.1. The Kier molecular flexibility index (Phi) is 5.84. The number of anilines is 3. The monoisotopic (exact) mass is 432 g/mol. The number of amides is 1. The van der Waals surface area contributed by atoms with E-state index in [2.05, 4.69) is 30.7 Å². The van der Waals surface area contributed by atoms with E-state index in [1.807, 2.05) is 13.1 Å². The number of rotatable bonds is 7. The zero-order valence-electron chi connectivity index (χ0n) is 16.4. The predicted octanol–water partition coefficient (Wildman–Crippen LogP) is 3.11. The molecule has 3 N–H and O–H groups in total. The number of alkyl halides is 1. The van der Waals surface area contributed by atoms with Crippen molar-refractivity contribution < 1.29 is 9.18 Å². The number of H-pyrrole nitrogens is 1. The topological polar surface area (TPSA) is 104 Å². The molecular weight excluding hydrogens is 411 g/mol. The second kappa shape index (κ2) is 8.70. The number of allylic oxidation sites excluding steroid dienone is 1. The van der Waals surface area contributed by atoms with Crippen LogP contribution >= 0.6 is 11.6 Å². The van der Waals surface area contributed by atoms with E-state index < -0.39 is 6.67 Å². The molecule has 0 bridgehead atoms. The molecule has 4 rings (SSSR count). The average molecular weight is 433 g/mol.